The van der Waals surface area contributed by atoms with Crippen LogP contribution in [0.2, 0.25) is 0 Å². The molecule has 0 aromatic rings. The first-order chi connectivity index (χ1) is 5.95. The Labute approximate surface area is 75.3 Å². The molecule has 1 heterocycles. The summed E-state index contributed by atoms with van der Waals surface area (Å²) in [5, 5.41) is 2.44. The summed E-state index contributed by atoms with van der Waals surface area (Å²) in [6.07, 6.45) is 9.88. The average Bonchev–Trinajstić information content (AvgIpc) is 2.59. The summed E-state index contributed by atoms with van der Waals surface area (Å²) in [7, 11) is 0. The zero-order valence-corrected chi connectivity index (χ0v) is 7.89. The summed E-state index contributed by atoms with van der Waals surface area (Å²) < 4.78 is 0. The summed E-state index contributed by atoms with van der Waals surface area (Å²) in [5.74, 6) is 0. The second-order valence-electron chi connectivity index (χ2n) is 4.16. The van der Waals surface area contributed by atoms with Gasteiger partial charge >= 0.3 is 0 Å². The van der Waals surface area contributed by atoms with E-state index in [1.165, 1.54) is 58.0 Å². The summed E-state index contributed by atoms with van der Waals surface area (Å²) in [6.45, 7) is 2.55. The molecule has 0 aromatic carbocycles. The Morgan fingerprint density at radius 1 is 0.833 bits per heavy atom. The molecule has 2 aliphatic rings. The quantitative estimate of drug-likeness (QED) is 0.677. The minimum Gasteiger partial charge on any atom is -0.252 e. The number of nitrogens with one attached hydrogen (secondary N) is 1. The van der Waals surface area contributed by atoms with Crippen LogP contribution in [0.15, 0.2) is 0 Å². The molecule has 0 unspecified atom stereocenters. The fourth-order valence-corrected chi connectivity index (χ4v) is 2.34. The van der Waals surface area contributed by atoms with Gasteiger partial charge in [-0.25, -0.2) is 5.01 Å². The highest BCUT2D eigenvalue weighted by Gasteiger charge is 2.18. The fraction of sp³-hybridized carbons (Fsp3) is 1.00. The SMILES string of the molecule is C1CCN(NC2CCCC2)CC1. The zero-order chi connectivity index (χ0) is 8.23. The van der Waals surface area contributed by atoms with E-state index in [-0.39, 0.29) is 0 Å². The Morgan fingerprint density at radius 3 is 2.17 bits per heavy atom. The summed E-state index contributed by atoms with van der Waals surface area (Å²) in [6, 6.07) is 0.808. The van der Waals surface area contributed by atoms with Crippen LogP contribution in [0.25, 0.3) is 0 Å². The Morgan fingerprint density at radius 2 is 1.50 bits per heavy atom. The van der Waals surface area contributed by atoms with Crippen molar-refractivity contribution in [3.05, 3.63) is 0 Å². The van der Waals surface area contributed by atoms with Crippen molar-refractivity contribution >= 4 is 0 Å². The zero-order valence-electron chi connectivity index (χ0n) is 7.89. The molecule has 2 nitrogen and oxygen atoms in total. The molecule has 2 fully saturated rings. The van der Waals surface area contributed by atoms with Crippen molar-refractivity contribution in [3.63, 3.8) is 0 Å². The Kier molecular flexibility index (Phi) is 3.01. The molecule has 0 atom stereocenters. The Bertz CT molecular complexity index is 124. The number of hydrogen-bond acceptors (Lipinski definition) is 2. The van der Waals surface area contributed by atoms with Crippen molar-refractivity contribution in [1.29, 1.82) is 0 Å². The van der Waals surface area contributed by atoms with Gasteiger partial charge in [-0.1, -0.05) is 19.3 Å². The van der Waals surface area contributed by atoms with Crippen LogP contribution in [0.4, 0.5) is 0 Å². The van der Waals surface area contributed by atoms with Crippen molar-refractivity contribution in [2.24, 2.45) is 0 Å². The smallest absolute Gasteiger partial charge is 0.0215 e. The minimum atomic E-state index is 0.808. The highest BCUT2D eigenvalue weighted by Crippen LogP contribution is 2.18. The van der Waals surface area contributed by atoms with Gasteiger partial charge in [-0.15, -0.1) is 0 Å². The lowest BCUT2D eigenvalue weighted by molar-refractivity contribution is 0.129. The third-order valence-electron chi connectivity index (χ3n) is 3.08. The van der Waals surface area contributed by atoms with E-state index in [1.54, 1.807) is 0 Å². The molecule has 1 aliphatic heterocycles. The third-order valence-corrected chi connectivity index (χ3v) is 3.08. The molecular formula is C10H20N2. The molecule has 0 aromatic heterocycles. The molecule has 2 rings (SSSR count). The van der Waals surface area contributed by atoms with Gasteiger partial charge in [-0.3, -0.25) is 5.43 Å². The first-order valence-electron chi connectivity index (χ1n) is 5.46. The van der Waals surface area contributed by atoms with Gasteiger partial charge in [0.15, 0.2) is 0 Å². The molecule has 1 saturated heterocycles. The van der Waals surface area contributed by atoms with E-state index in [0.717, 1.165) is 6.04 Å². The standard InChI is InChI=1S/C10H20N2/c1-4-8-12(9-5-1)11-10-6-2-3-7-10/h10-11H,1-9H2. The van der Waals surface area contributed by atoms with Crippen molar-refractivity contribution in [3.8, 4) is 0 Å². The van der Waals surface area contributed by atoms with Crippen LogP contribution < -0.4 is 5.43 Å². The van der Waals surface area contributed by atoms with Crippen LogP contribution in [0.5, 0.6) is 0 Å². The molecule has 1 N–H and O–H groups in total. The molecule has 0 spiro atoms. The van der Waals surface area contributed by atoms with E-state index in [9.17, 15) is 0 Å². The van der Waals surface area contributed by atoms with Crippen molar-refractivity contribution in [2.75, 3.05) is 13.1 Å². The van der Waals surface area contributed by atoms with Gasteiger partial charge in [-0.2, -0.15) is 0 Å². The maximum absolute atomic E-state index is 3.65. The largest absolute Gasteiger partial charge is 0.252 e. The van der Waals surface area contributed by atoms with E-state index in [4.69, 9.17) is 0 Å². The van der Waals surface area contributed by atoms with E-state index >= 15 is 0 Å². The third kappa shape index (κ3) is 2.20. The van der Waals surface area contributed by atoms with E-state index < -0.39 is 0 Å². The summed E-state index contributed by atoms with van der Waals surface area (Å²) in [4.78, 5) is 0. The van der Waals surface area contributed by atoms with Crippen LogP contribution in [0, 0.1) is 0 Å². The topological polar surface area (TPSA) is 15.3 Å². The monoisotopic (exact) mass is 168 g/mol. The van der Waals surface area contributed by atoms with Crippen LogP contribution >= 0.6 is 0 Å². The molecule has 70 valence electrons. The first-order valence-corrected chi connectivity index (χ1v) is 5.46. The highest BCUT2D eigenvalue weighted by molar-refractivity contribution is 4.73. The predicted molar refractivity (Wildman–Crippen MR) is 50.8 cm³/mol. The van der Waals surface area contributed by atoms with Crippen LogP contribution in [0.1, 0.15) is 44.9 Å². The molecule has 0 bridgehead atoms. The maximum Gasteiger partial charge on any atom is 0.0215 e. The van der Waals surface area contributed by atoms with Gasteiger partial charge in [0.25, 0.3) is 0 Å². The van der Waals surface area contributed by atoms with Crippen LogP contribution in [-0.2, 0) is 0 Å². The highest BCUT2D eigenvalue weighted by atomic mass is 15.5. The van der Waals surface area contributed by atoms with Crippen molar-refractivity contribution in [2.45, 2.75) is 51.0 Å². The average molecular weight is 168 g/mol. The number of nitrogens with zero attached hydrogens (tertiary/aromatic N) is 1. The molecule has 1 aliphatic carbocycles. The van der Waals surface area contributed by atoms with E-state index in [1.807, 2.05) is 0 Å². The van der Waals surface area contributed by atoms with E-state index in [0.29, 0.717) is 0 Å². The molecule has 1 saturated carbocycles. The summed E-state index contributed by atoms with van der Waals surface area (Å²) >= 11 is 0. The van der Waals surface area contributed by atoms with Gasteiger partial charge in [0, 0.05) is 19.1 Å². The minimum absolute atomic E-state index is 0.808. The van der Waals surface area contributed by atoms with Crippen molar-refractivity contribution < 1.29 is 0 Å². The van der Waals surface area contributed by atoms with Gasteiger partial charge in [0.2, 0.25) is 0 Å². The normalized spacial score (nSPS) is 28.0. The molecule has 12 heavy (non-hydrogen) atoms. The van der Waals surface area contributed by atoms with Gasteiger partial charge < -0.3 is 0 Å². The second kappa shape index (κ2) is 4.24. The second-order valence-corrected chi connectivity index (χ2v) is 4.16. The summed E-state index contributed by atoms with van der Waals surface area (Å²) in [5.41, 5.74) is 3.65. The van der Waals surface area contributed by atoms with Gasteiger partial charge in [0.1, 0.15) is 0 Å². The molecule has 0 radical (unpaired) electrons. The lowest BCUT2D eigenvalue weighted by Crippen LogP contribution is -2.46. The number of rotatable bonds is 2. The Hall–Kier alpha value is -0.0800. The van der Waals surface area contributed by atoms with E-state index in [2.05, 4.69) is 10.4 Å². The number of hydrazine groups is 1. The van der Waals surface area contributed by atoms with Gasteiger partial charge in [-0.05, 0) is 25.7 Å². The lowest BCUT2D eigenvalue weighted by atomic mass is 10.1. The number of hydrogen-bond donors (Lipinski definition) is 1. The Balaban J connectivity index is 1.69. The van der Waals surface area contributed by atoms with Crippen LogP contribution in [0.3, 0.4) is 0 Å². The molecule has 0 amide bonds. The van der Waals surface area contributed by atoms with Crippen LogP contribution in [-0.4, -0.2) is 24.1 Å². The first kappa shape index (κ1) is 8.52. The van der Waals surface area contributed by atoms with Crippen molar-refractivity contribution in [1.82, 2.24) is 10.4 Å². The fourth-order valence-electron chi connectivity index (χ4n) is 2.34. The number of piperidine rings is 1. The predicted octanol–water partition coefficient (Wildman–Crippen LogP) is 1.92. The molecule has 2 heteroatoms. The lowest BCUT2D eigenvalue weighted by Gasteiger charge is -2.30. The molecular weight excluding hydrogens is 148 g/mol. The maximum atomic E-state index is 3.65. The van der Waals surface area contributed by atoms with Gasteiger partial charge in [0.05, 0.1) is 0 Å².